The van der Waals surface area contributed by atoms with Gasteiger partial charge in [0.1, 0.15) is 5.54 Å². The van der Waals surface area contributed by atoms with Crippen molar-refractivity contribution in [3.63, 3.8) is 0 Å². The molecule has 1 aromatic rings. The van der Waals surface area contributed by atoms with Crippen molar-refractivity contribution in [2.24, 2.45) is 5.92 Å². The van der Waals surface area contributed by atoms with Crippen LogP contribution in [0.15, 0.2) is 24.5 Å². The van der Waals surface area contributed by atoms with E-state index in [-0.39, 0.29) is 5.91 Å². The van der Waals surface area contributed by atoms with Gasteiger partial charge < -0.3 is 10.4 Å². The summed E-state index contributed by atoms with van der Waals surface area (Å²) in [5.41, 5.74) is -0.0472. The fourth-order valence-electron chi connectivity index (χ4n) is 3.05. The molecule has 2 N–H and O–H groups in total. The van der Waals surface area contributed by atoms with Crippen molar-refractivity contribution in [2.45, 2.75) is 51.0 Å². The van der Waals surface area contributed by atoms with E-state index in [4.69, 9.17) is 0 Å². The number of carboxylic acid groups (broad SMARTS) is 1. The lowest BCUT2D eigenvalue weighted by molar-refractivity contribution is -0.150. The number of nitrogens with zero attached hydrogens (tertiary/aromatic N) is 1. The number of amides is 1. The second-order valence-electron chi connectivity index (χ2n) is 5.99. The summed E-state index contributed by atoms with van der Waals surface area (Å²) in [4.78, 5) is 27.6. The molecule has 0 saturated heterocycles. The summed E-state index contributed by atoms with van der Waals surface area (Å²) in [5.74, 6) is -0.773. The van der Waals surface area contributed by atoms with Gasteiger partial charge in [0.2, 0.25) is 5.91 Å². The predicted octanol–water partition coefficient (Wildman–Crippen LogP) is 2.16. The van der Waals surface area contributed by atoms with Gasteiger partial charge >= 0.3 is 5.97 Å². The van der Waals surface area contributed by atoms with Crippen LogP contribution in [-0.4, -0.2) is 27.5 Å². The molecular formula is C16H22N2O3. The zero-order valence-electron chi connectivity index (χ0n) is 12.3. The van der Waals surface area contributed by atoms with E-state index in [1.807, 2.05) is 19.1 Å². The molecule has 114 valence electrons. The van der Waals surface area contributed by atoms with Crippen LogP contribution >= 0.6 is 0 Å². The van der Waals surface area contributed by atoms with Crippen molar-refractivity contribution in [1.82, 2.24) is 10.3 Å². The van der Waals surface area contributed by atoms with Gasteiger partial charge in [0.15, 0.2) is 0 Å². The molecule has 5 heteroatoms. The van der Waals surface area contributed by atoms with Gasteiger partial charge in [-0.25, -0.2) is 4.79 Å². The summed E-state index contributed by atoms with van der Waals surface area (Å²) in [6.07, 6.45) is 7.19. The first-order chi connectivity index (χ1) is 10.0. The Balaban J connectivity index is 1.94. The van der Waals surface area contributed by atoms with Crippen LogP contribution in [0.5, 0.6) is 0 Å². The molecule has 1 aliphatic rings. The Kier molecular flexibility index (Phi) is 4.94. The third-order valence-corrected chi connectivity index (χ3v) is 4.18. The van der Waals surface area contributed by atoms with Gasteiger partial charge in [-0.15, -0.1) is 0 Å². The van der Waals surface area contributed by atoms with E-state index in [9.17, 15) is 14.7 Å². The molecule has 1 saturated carbocycles. The molecule has 1 aromatic heterocycles. The summed E-state index contributed by atoms with van der Waals surface area (Å²) >= 11 is 0. The van der Waals surface area contributed by atoms with Gasteiger partial charge in [-0.2, -0.15) is 0 Å². The minimum Gasteiger partial charge on any atom is -0.480 e. The predicted molar refractivity (Wildman–Crippen MR) is 78.7 cm³/mol. The number of rotatable bonds is 5. The Hall–Kier alpha value is -1.91. The first-order valence-corrected chi connectivity index (χ1v) is 7.45. The Morgan fingerprint density at radius 3 is 2.76 bits per heavy atom. The number of carboxylic acids is 1. The number of hydrogen-bond donors (Lipinski definition) is 2. The maximum atomic E-state index is 12.1. The van der Waals surface area contributed by atoms with E-state index >= 15 is 0 Å². The van der Waals surface area contributed by atoms with E-state index in [1.54, 1.807) is 12.4 Å². The average molecular weight is 290 g/mol. The lowest BCUT2D eigenvalue weighted by Crippen LogP contribution is -2.56. The maximum absolute atomic E-state index is 12.1. The number of aliphatic carboxylic acids is 1. The van der Waals surface area contributed by atoms with Crippen LogP contribution in [0.25, 0.3) is 0 Å². The molecule has 1 amide bonds. The van der Waals surface area contributed by atoms with Gasteiger partial charge in [0.25, 0.3) is 0 Å². The summed E-state index contributed by atoms with van der Waals surface area (Å²) in [6, 6.07) is 3.73. The first kappa shape index (κ1) is 15.5. The maximum Gasteiger partial charge on any atom is 0.329 e. The van der Waals surface area contributed by atoms with Gasteiger partial charge in [0, 0.05) is 18.8 Å². The highest BCUT2D eigenvalue weighted by atomic mass is 16.4. The third-order valence-electron chi connectivity index (χ3n) is 4.18. The van der Waals surface area contributed by atoms with Crippen molar-refractivity contribution in [3.05, 3.63) is 30.1 Å². The lowest BCUT2D eigenvalue weighted by atomic mass is 9.76. The van der Waals surface area contributed by atoms with Crippen LogP contribution in [0.4, 0.5) is 0 Å². The largest absolute Gasteiger partial charge is 0.480 e. The summed E-state index contributed by atoms with van der Waals surface area (Å²) in [7, 11) is 0. The normalized spacial score (nSPS) is 25.3. The van der Waals surface area contributed by atoms with Gasteiger partial charge in [-0.05, 0) is 42.9 Å². The molecule has 0 aromatic carbocycles. The Bertz CT molecular complexity index is 504. The van der Waals surface area contributed by atoms with Crippen LogP contribution in [0.1, 0.15) is 44.6 Å². The SMILES string of the molecule is CC1CCCC(NC(=O)CCc2ccncc2)(C(=O)O)C1. The molecule has 0 spiro atoms. The smallest absolute Gasteiger partial charge is 0.329 e. The van der Waals surface area contributed by atoms with Crippen molar-refractivity contribution < 1.29 is 14.7 Å². The van der Waals surface area contributed by atoms with E-state index in [0.29, 0.717) is 31.6 Å². The van der Waals surface area contributed by atoms with E-state index in [2.05, 4.69) is 10.3 Å². The minimum atomic E-state index is -1.08. The summed E-state index contributed by atoms with van der Waals surface area (Å²) < 4.78 is 0. The highest BCUT2D eigenvalue weighted by Gasteiger charge is 2.42. The zero-order chi connectivity index (χ0) is 15.3. The van der Waals surface area contributed by atoms with Gasteiger partial charge in [-0.1, -0.05) is 19.8 Å². The van der Waals surface area contributed by atoms with E-state index in [1.165, 1.54) is 0 Å². The molecule has 5 nitrogen and oxygen atoms in total. The topological polar surface area (TPSA) is 79.3 Å². The van der Waals surface area contributed by atoms with Crippen molar-refractivity contribution in [2.75, 3.05) is 0 Å². The number of aromatic nitrogens is 1. The molecule has 2 atom stereocenters. The monoisotopic (exact) mass is 290 g/mol. The van der Waals surface area contributed by atoms with Gasteiger partial charge in [-0.3, -0.25) is 9.78 Å². The highest BCUT2D eigenvalue weighted by Crippen LogP contribution is 2.32. The standard InChI is InChI=1S/C16H22N2O3/c1-12-3-2-8-16(11-12,15(20)21)18-14(19)5-4-13-6-9-17-10-7-13/h6-7,9-10,12H,2-5,8,11H2,1H3,(H,18,19)(H,20,21). The fraction of sp³-hybridized carbons (Fsp3) is 0.562. The number of hydrogen-bond acceptors (Lipinski definition) is 3. The van der Waals surface area contributed by atoms with Crippen LogP contribution in [0, 0.1) is 5.92 Å². The summed E-state index contributed by atoms with van der Waals surface area (Å²) in [6.45, 7) is 2.04. The van der Waals surface area contributed by atoms with Crippen LogP contribution in [0.2, 0.25) is 0 Å². The summed E-state index contributed by atoms with van der Waals surface area (Å²) in [5, 5.41) is 12.3. The number of carbonyl (C=O) groups is 2. The first-order valence-electron chi connectivity index (χ1n) is 7.45. The molecular weight excluding hydrogens is 268 g/mol. The van der Waals surface area contributed by atoms with Crippen LogP contribution in [-0.2, 0) is 16.0 Å². The van der Waals surface area contributed by atoms with Crippen molar-refractivity contribution in [1.29, 1.82) is 0 Å². The van der Waals surface area contributed by atoms with Gasteiger partial charge in [0.05, 0.1) is 0 Å². The average Bonchev–Trinajstić information content (AvgIpc) is 2.46. The molecule has 0 aliphatic heterocycles. The quantitative estimate of drug-likeness (QED) is 0.871. The fourth-order valence-corrected chi connectivity index (χ4v) is 3.05. The second kappa shape index (κ2) is 6.70. The van der Waals surface area contributed by atoms with E-state index in [0.717, 1.165) is 18.4 Å². The lowest BCUT2D eigenvalue weighted by Gasteiger charge is -2.37. The number of pyridine rings is 1. The number of nitrogens with one attached hydrogen (secondary N) is 1. The Labute approximate surface area is 124 Å². The number of carbonyl (C=O) groups excluding carboxylic acids is 1. The van der Waals surface area contributed by atoms with E-state index < -0.39 is 11.5 Å². The number of aryl methyl sites for hydroxylation is 1. The molecule has 1 fully saturated rings. The second-order valence-corrected chi connectivity index (χ2v) is 5.99. The highest BCUT2D eigenvalue weighted by molar-refractivity contribution is 5.87. The Morgan fingerprint density at radius 1 is 1.43 bits per heavy atom. The third kappa shape index (κ3) is 4.03. The molecule has 2 unspecified atom stereocenters. The van der Waals surface area contributed by atoms with Crippen LogP contribution < -0.4 is 5.32 Å². The van der Waals surface area contributed by atoms with Crippen molar-refractivity contribution >= 4 is 11.9 Å². The molecule has 1 heterocycles. The Morgan fingerprint density at radius 2 is 2.14 bits per heavy atom. The molecule has 0 bridgehead atoms. The van der Waals surface area contributed by atoms with Crippen LogP contribution in [0.3, 0.4) is 0 Å². The molecule has 1 aliphatic carbocycles. The molecule has 21 heavy (non-hydrogen) atoms. The van der Waals surface area contributed by atoms with Crippen molar-refractivity contribution in [3.8, 4) is 0 Å². The molecule has 0 radical (unpaired) electrons. The zero-order valence-corrected chi connectivity index (χ0v) is 12.3. The molecule has 2 rings (SSSR count). The minimum absolute atomic E-state index is 0.191.